The lowest BCUT2D eigenvalue weighted by molar-refractivity contribution is -0.144. The Balaban J connectivity index is 2.34. The van der Waals surface area contributed by atoms with E-state index < -0.39 is 53.4 Å². The van der Waals surface area contributed by atoms with Gasteiger partial charge in [0, 0.05) is 18.7 Å². The molecule has 1 N–H and O–H groups in total. The van der Waals surface area contributed by atoms with Crippen molar-refractivity contribution in [3.63, 3.8) is 0 Å². The quantitative estimate of drug-likeness (QED) is 0.813. The predicted molar refractivity (Wildman–Crippen MR) is 74.3 cm³/mol. The summed E-state index contributed by atoms with van der Waals surface area (Å²) in [5, 5.41) is 8.73. The van der Waals surface area contributed by atoms with E-state index in [0.717, 1.165) is 4.90 Å². The molecule has 26 heavy (non-hydrogen) atoms. The van der Waals surface area contributed by atoms with Gasteiger partial charge < -0.3 is 14.7 Å². The van der Waals surface area contributed by atoms with Gasteiger partial charge in [0.2, 0.25) is 0 Å². The van der Waals surface area contributed by atoms with Crippen molar-refractivity contribution in [1.82, 2.24) is 4.90 Å². The summed E-state index contributed by atoms with van der Waals surface area (Å²) in [7, 11) is 0. The Morgan fingerprint density at radius 1 is 1.08 bits per heavy atom. The highest BCUT2D eigenvalue weighted by Crippen LogP contribution is 2.36. The zero-order valence-corrected chi connectivity index (χ0v) is 13.0. The molecule has 1 unspecified atom stereocenters. The fourth-order valence-corrected chi connectivity index (χ4v) is 2.48. The maximum absolute atomic E-state index is 12.9. The first-order valence-corrected chi connectivity index (χ1v) is 7.30. The van der Waals surface area contributed by atoms with Crippen LogP contribution in [0.25, 0.3) is 0 Å². The van der Waals surface area contributed by atoms with Crippen LogP contribution in [0.5, 0.6) is 0 Å². The molecule has 0 radical (unpaired) electrons. The molecule has 2 rings (SSSR count). The fraction of sp³-hybridized carbons (Fsp3) is 0.467. The maximum Gasteiger partial charge on any atom is 0.416 e. The molecule has 0 spiro atoms. The van der Waals surface area contributed by atoms with E-state index in [1.807, 2.05) is 0 Å². The number of hydrogen-bond acceptors (Lipinski definition) is 3. The second kappa shape index (κ2) is 7.14. The standard InChI is InChI=1S/C15H13F6NO4/c16-14(17,18)9-3-8(4-10(5-9)15(19,20)21)13(25)22-1-2-26-11(7-22)6-12(23)24/h3-5,11H,1-2,6-7H2,(H,23,24). The third kappa shape index (κ3) is 4.87. The Bertz CT molecular complexity index is 668. The van der Waals surface area contributed by atoms with E-state index in [4.69, 9.17) is 9.84 Å². The largest absolute Gasteiger partial charge is 0.481 e. The molecule has 5 nitrogen and oxygen atoms in total. The van der Waals surface area contributed by atoms with Gasteiger partial charge in [0.15, 0.2) is 0 Å². The summed E-state index contributed by atoms with van der Waals surface area (Å²) in [6.45, 7) is -0.399. The molecule has 1 aliphatic rings. The van der Waals surface area contributed by atoms with Gasteiger partial charge in [0.05, 0.1) is 30.3 Å². The average molecular weight is 385 g/mol. The summed E-state index contributed by atoms with van der Waals surface area (Å²) in [4.78, 5) is 24.0. The molecular weight excluding hydrogens is 372 g/mol. The van der Waals surface area contributed by atoms with Crippen LogP contribution < -0.4 is 0 Å². The fourth-order valence-electron chi connectivity index (χ4n) is 2.48. The highest BCUT2D eigenvalue weighted by Gasteiger charge is 2.38. The van der Waals surface area contributed by atoms with Gasteiger partial charge in [-0.25, -0.2) is 0 Å². The molecule has 144 valence electrons. The van der Waals surface area contributed by atoms with Crippen LogP contribution in [0.3, 0.4) is 0 Å². The molecule has 11 heteroatoms. The number of hydrogen-bond donors (Lipinski definition) is 1. The van der Waals surface area contributed by atoms with Crippen molar-refractivity contribution in [1.29, 1.82) is 0 Å². The van der Waals surface area contributed by atoms with Gasteiger partial charge in [0.1, 0.15) is 0 Å². The van der Waals surface area contributed by atoms with Crippen molar-refractivity contribution < 1.29 is 45.8 Å². The van der Waals surface area contributed by atoms with Gasteiger partial charge in [-0.3, -0.25) is 9.59 Å². The van der Waals surface area contributed by atoms with Crippen LogP contribution in [0.2, 0.25) is 0 Å². The van der Waals surface area contributed by atoms with Crippen molar-refractivity contribution in [2.24, 2.45) is 0 Å². The number of aliphatic carboxylic acids is 1. The molecular formula is C15H13F6NO4. The Hall–Kier alpha value is -2.30. The van der Waals surface area contributed by atoms with Gasteiger partial charge in [-0.1, -0.05) is 0 Å². The summed E-state index contributed by atoms with van der Waals surface area (Å²) >= 11 is 0. The van der Waals surface area contributed by atoms with Crippen LogP contribution in [0.4, 0.5) is 26.3 Å². The molecule has 1 aromatic rings. The molecule has 0 aromatic heterocycles. The number of benzene rings is 1. The van der Waals surface area contributed by atoms with Gasteiger partial charge >= 0.3 is 18.3 Å². The highest BCUT2D eigenvalue weighted by molar-refractivity contribution is 5.94. The number of nitrogens with zero attached hydrogens (tertiary/aromatic N) is 1. The number of carbonyl (C=O) groups is 2. The summed E-state index contributed by atoms with van der Waals surface area (Å²) in [5.74, 6) is -2.26. The van der Waals surface area contributed by atoms with Crippen LogP contribution in [-0.2, 0) is 21.9 Å². The van der Waals surface area contributed by atoms with E-state index >= 15 is 0 Å². The number of carboxylic acid groups (broad SMARTS) is 1. The second-order valence-electron chi connectivity index (χ2n) is 5.64. The van der Waals surface area contributed by atoms with Gasteiger partial charge in [-0.15, -0.1) is 0 Å². The van der Waals surface area contributed by atoms with Crippen LogP contribution >= 0.6 is 0 Å². The SMILES string of the molecule is O=C(O)CC1CN(C(=O)c2cc(C(F)(F)F)cc(C(F)(F)F)c2)CCO1. The summed E-state index contributed by atoms with van der Waals surface area (Å²) in [6.07, 6.45) is -11.5. The van der Waals surface area contributed by atoms with Crippen molar-refractivity contribution >= 4 is 11.9 Å². The highest BCUT2D eigenvalue weighted by atomic mass is 19.4. The third-order valence-electron chi connectivity index (χ3n) is 3.66. The topological polar surface area (TPSA) is 66.8 Å². The Labute approximate surface area is 143 Å². The molecule has 0 saturated carbocycles. The number of halogens is 6. The Kier molecular flexibility index (Phi) is 5.49. The van der Waals surface area contributed by atoms with Crippen molar-refractivity contribution in [2.75, 3.05) is 19.7 Å². The van der Waals surface area contributed by atoms with Crippen LogP contribution in [-0.4, -0.2) is 47.7 Å². The zero-order chi connectivity index (χ0) is 19.7. The van der Waals surface area contributed by atoms with Crippen LogP contribution in [0.1, 0.15) is 27.9 Å². The molecule has 1 saturated heterocycles. The summed E-state index contributed by atoms with van der Waals surface area (Å²) < 4.78 is 82.3. The molecule has 1 atom stereocenters. The number of amides is 1. The van der Waals surface area contributed by atoms with Crippen molar-refractivity contribution in [3.8, 4) is 0 Å². The summed E-state index contributed by atoms with van der Waals surface area (Å²) in [5.41, 5.74) is -3.96. The smallest absolute Gasteiger partial charge is 0.416 e. The van der Waals surface area contributed by atoms with E-state index in [9.17, 15) is 35.9 Å². The number of ether oxygens (including phenoxy) is 1. The number of morpholine rings is 1. The first kappa shape index (κ1) is 20.0. The number of carbonyl (C=O) groups excluding carboxylic acids is 1. The predicted octanol–water partition coefficient (Wildman–Crippen LogP) is 3.04. The minimum Gasteiger partial charge on any atom is -0.481 e. The van der Waals surface area contributed by atoms with Gasteiger partial charge in [0.25, 0.3) is 5.91 Å². The average Bonchev–Trinajstić information content (AvgIpc) is 2.51. The zero-order valence-electron chi connectivity index (χ0n) is 13.0. The first-order valence-electron chi connectivity index (χ1n) is 7.30. The molecule has 1 aliphatic heterocycles. The van der Waals surface area contributed by atoms with Crippen molar-refractivity contribution in [2.45, 2.75) is 24.9 Å². The van der Waals surface area contributed by atoms with E-state index in [1.165, 1.54) is 0 Å². The molecule has 1 fully saturated rings. The lowest BCUT2D eigenvalue weighted by Gasteiger charge is -2.32. The Morgan fingerprint density at radius 2 is 1.62 bits per heavy atom. The summed E-state index contributed by atoms with van der Waals surface area (Å²) in [6, 6.07) is 0.627. The number of carboxylic acids is 1. The van der Waals surface area contributed by atoms with E-state index in [2.05, 4.69) is 0 Å². The monoisotopic (exact) mass is 385 g/mol. The lowest BCUT2D eigenvalue weighted by Crippen LogP contribution is -2.46. The molecule has 1 amide bonds. The van der Waals surface area contributed by atoms with E-state index in [0.29, 0.717) is 12.1 Å². The first-order chi connectivity index (χ1) is 11.9. The van der Waals surface area contributed by atoms with Gasteiger partial charge in [-0.05, 0) is 18.2 Å². The normalized spacial score (nSPS) is 18.7. The van der Waals surface area contributed by atoms with E-state index in [-0.39, 0.29) is 25.8 Å². The van der Waals surface area contributed by atoms with Crippen LogP contribution in [0, 0.1) is 0 Å². The maximum atomic E-state index is 12.9. The molecule has 1 heterocycles. The second-order valence-corrected chi connectivity index (χ2v) is 5.64. The lowest BCUT2D eigenvalue weighted by atomic mass is 10.0. The number of alkyl halides is 6. The Morgan fingerprint density at radius 3 is 2.08 bits per heavy atom. The molecule has 1 aromatic carbocycles. The van der Waals surface area contributed by atoms with E-state index in [1.54, 1.807) is 0 Å². The molecule has 0 bridgehead atoms. The number of rotatable bonds is 3. The minimum atomic E-state index is -5.06. The van der Waals surface area contributed by atoms with Crippen molar-refractivity contribution in [3.05, 3.63) is 34.9 Å². The van der Waals surface area contributed by atoms with Gasteiger partial charge in [-0.2, -0.15) is 26.3 Å². The van der Waals surface area contributed by atoms with Crippen LogP contribution in [0.15, 0.2) is 18.2 Å². The minimum absolute atomic E-state index is 0.0661. The molecule has 0 aliphatic carbocycles. The third-order valence-corrected chi connectivity index (χ3v) is 3.66.